The van der Waals surface area contributed by atoms with Gasteiger partial charge in [-0.25, -0.2) is 0 Å². The SMILES string of the molecule is Cc1ccc(-c2nnc(SCc3nc4ccccc4c4ccccc34)o2)cc1. The van der Waals surface area contributed by atoms with Crippen LogP contribution in [0.2, 0.25) is 0 Å². The first-order valence-corrected chi connectivity index (χ1v) is 10.1. The van der Waals surface area contributed by atoms with Gasteiger partial charge in [-0.15, -0.1) is 10.2 Å². The number of aryl methyl sites for hydroxylation is 1. The lowest BCUT2D eigenvalue weighted by molar-refractivity contribution is 0.466. The highest BCUT2D eigenvalue weighted by Gasteiger charge is 2.12. The Kier molecular flexibility index (Phi) is 4.29. The van der Waals surface area contributed by atoms with Gasteiger partial charge in [0.2, 0.25) is 5.89 Å². The summed E-state index contributed by atoms with van der Waals surface area (Å²) in [6, 6.07) is 24.7. The number of thioether (sulfide) groups is 1. The van der Waals surface area contributed by atoms with E-state index in [0.29, 0.717) is 16.9 Å². The number of fused-ring (bicyclic) bond motifs is 3. The second kappa shape index (κ2) is 7.09. The lowest BCUT2D eigenvalue weighted by Crippen LogP contribution is -1.92. The smallest absolute Gasteiger partial charge is 0.277 e. The molecule has 2 heterocycles. The van der Waals surface area contributed by atoms with Crippen molar-refractivity contribution >= 4 is 33.4 Å². The molecule has 0 aliphatic rings. The van der Waals surface area contributed by atoms with Crippen molar-refractivity contribution < 1.29 is 4.42 Å². The van der Waals surface area contributed by atoms with E-state index in [9.17, 15) is 0 Å². The molecule has 0 fully saturated rings. The zero-order valence-electron chi connectivity index (χ0n) is 15.3. The maximum atomic E-state index is 5.84. The van der Waals surface area contributed by atoms with E-state index in [-0.39, 0.29) is 0 Å². The minimum Gasteiger partial charge on any atom is -0.411 e. The van der Waals surface area contributed by atoms with E-state index < -0.39 is 0 Å². The molecule has 5 rings (SSSR count). The summed E-state index contributed by atoms with van der Waals surface area (Å²) in [6.07, 6.45) is 0. The van der Waals surface area contributed by atoms with Crippen molar-refractivity contribution in [3.05, 3.63) is 84.1 Å². The monoisotopic (exact) mass is 383 g/mol. The van der Waals surface area contributed by atoms with Gasteiger partial charge >= 0.3 is 0 Å². The molecular formula is C23H17N3OS. The predicted octanol–water partition coefficient (Wildman–Crippen LogP) is 6.04. The Hall–Kier alpha value is -3.18. The number of aromatic nitrogens is 3. The Labute approximate surface area is 166 Å². The summed E-state index contributed by atoms with van der Waals surface area (Å²) in [5.41, 5.74) is 4.16. The van der Waals surface area contributed by atoms with Crippen LogP contribution in [-0.2, 0) is 5.75 Å². The van der Waals surface area contributed by atoms with Crippen molar-refractivity contribution in [1.82, 2.24) is 15.2 Å². The van der Waals surface area contributed by atoms with Crippen molar-refractivity contribution in [1.29, 1.82) is 0 Å². The fraction of sp³-hybridized carbons (Fsp3) is 0.0870. The third-order valence-electron chi connectivity index (χ3n) is 4.72. The molecule has 0 spiro atoms. The van der Waals surface area contributed by atoms with E-state index in [1.165, 1.54) is 28.1 Å². The van der Waals surface area contributed by atoms with Gasteiger partial charge in [-0.2, -0.15) is 0 Å². The average molecular weight is 383 g/mol. The summed E-state index contributed by atoms with van der Waals surface area (Å²) in [6.45, 7) is 2.06. The third-order valence-corrected chi connectivity index (χ3v) is 5.55. The molecule has 0 bridgehead atoms. The maximum Gasteiger partial charge on any atom is 0.277 e. The summed E-state index contributed by atoms with van der Waals surface area (Å²) >= 11 is 1.51. The number of hydrogen-bond acceptors (Lipinski definition) is 5. The van der Waals surface area contributed by atoms with Gasteiger partial charge in [-0.3, -0.25) is 4.98 Å². The Bertz CT molecular complexity index is 1280. The molecule has 0 amide bonds. The summed E-state index contributed by atoms with van der Waals surface area (Å²) in [5.74, 6) is 1.21. The van der Waals surface area contributed by atoms with Crippen LogP contribution in [0.4, 0.5) is 0 Å². The van der Waals surface area contributed by atoms with Crippen molar-refractivity contribution in [2.24, 2.45) is 0 Å². The molecule has 5 heteroatoms. The van der Waals surface area contributed by atoms with Crippen LogP contribution in [0.25, 0.3) is 33.1 Å². The summed E-state index contributed by atoms with van der Waals surface area (Å²) in [4.78, 5) is 4.88. The Morgan fingerprint density at radius 1 is 0.786 bits per heavy atom. The minimum absolute atomic E-state index is 0.541. The molecule has 0 aliphatic carbocycles. The quantitative estimate of drug-likeness (QED) is 0.280. The molecule has 0 saturated carbocycles. The number of rotatable bonds is 4. The topological polar surface area (TPSA) is 51.8 Å². The number of benzene rings is 3. The highest BCUT2D eigenvalue weighted by molar-refractivity contribution is 7.98. The molecular weight excluding hydrogens is 366 g/mol. The van der Waals surface area contributed by atoms with Gasteiger partial charge in [0.15, 0.2) is 0 Å². The van der Waals surface area contributed by atoms with Gasteiger partial charge in [0.25, 0.3) is 5.22 Å². The van der Waals surface area contributed by atoms with Gasteiger partial charge in [0.1, 0.15) is 0 Å². The second-order valence-corrected chi connectivity index (χ2v) is 7.58. The minimum atomic E-state index is 0.541. The summed E-state index contributed by atoms with van der Waals surface area (Å²) < 4.78 is 5.84. The molecule has 136 valence electrons. The molecule has 0 saturated heterocycles. The Morgan fingerprint density at radius 2 is 1.50 bits per heavy atom. The fourth-order valence-electron chi connectivity index (χ4n) is 3.30. The van der Waals surface area contributed by atoms with Gasteiger partial charge in [0.05, 0.1) is 11.2 Å². The van der Waals surface area contributed by atoms with Gasteiger partial charge in [-0.05, 0) is 30.5 Å². The third kappa shape index (κ3) is 3.14. The number of pyridine rings is 1. The summed E-state index contributed by atoms with van der Waals surface area (Å²) in [7, 11) is 0. The van der Waals surface area contributed by atoms with Crippen LogP contribution >= 0.6 is 11.8 Å². The van der Waals surface area contributed by atoms with Crippen LogP contribution in [0, 0.1) is 6.92 Å². The van der Waals surface area contributed by atoms with Crippen LogP contribution in [-0.4, -0.2) is 15.2 Å². The largest absolute Gasteiger partial charge is 0.411 e. The van der Waals surface area contributed by atoms with E-state index in [4.69, 9.17) is 9.40 Å². The van der Waals surface area contributed by atoms with Crippen LogP contribution in [0.5, 0.6) is 0 Å². The number of hydrogen-bond donors (Lipinski definition) is 0. The van der Waals surface area contributed by atoms with Crippen LogP contribution in [0.15, 0.2) is 82.4 Å². The zero-order valence-corrected chi connectivity index (χ0v) is 16.1. The van der Waals surface area contributed by atoms with Crippen molar-refractivity contribution in [3.63, 3.8) is 0 Å². The molecule has 28 heavy (non-hydrogen) atoms. The van der Waals surface area contributed by atoms with E-state index in [2.05, 4.69) is 59.6 Å². The zero-order chi connectivity index (χ0) is 18.9. The Balaban J connectivity index is 1.45. The molecule has 0 atom stereocenters. The van der Waals surface area contributed by atoms with Crippen LogP contribution < -0.4 is 0 Å². The normalized spacial score (nSPS) is 11.3. The van der Waals surface area contributed by atoms with E-state index in [1.807, 2.05) is 30.3 Å². The fourth-order valence-corrected chi connectivity index (χ4v) is 4.01. The average Bonchev–Trinajstić information content (AvgIpc) is 3.21. The maximum absolute atomic E-state index is 5.84. The molecule has 2 aromatic heterocycles. The van der Waals surface area contributed by atoms with Gasteiger partial charge in [-0.1, -0.05) is 71.9 Å². The standard InChI is InChI=1S/C23H17N3OS/c1-15-10-12-16(13-11-15)22-25-26-23(27-22)28-14-21-19-8-3-2-6-17(19)18-7-4-5-9-20(18)24-21/h2-13H,14H2,1H3. The number of nitrogens with zero attached hydrogens (tertiary/aromatic N) is 3. The number of para-hydroxylation sites is 1. The second-order valence-electron chi connectivity index (χ2n) is 6.65. The van der Waals surface area contributed by atoms with Crippen LogP contribution in [0.1, 0.15) is 11.3 Å². The van der Waals surface area contributed by atoms with Gasteiger partial charge in [0, 0.05) is 22.1 Å². The lowest BCUT2D eigenvalue weighted by Gasteiger charge is -2.08. The molecule has 0 radical (unpaired) electrons. The summed E-state index contributed by atoms with van der Waals surface area (Å²) in [5, 5.41) is 12.5. The van der Waals surface area contributed by atoms with Gasteiger partial charge < -0.3 is 4.42 Å². The highest BCUT2D eigenvalue weighted by atomic mass is 32.2. The molecule has 5 aromatic rings. The first-order valence-electron chi connectivity index (χ1n) is 9.08. The van der Waals surface area contributed by atoms with Crippen molar-refractivity contribution in [3.8, 4) is 11.5 Å². The van der Waals surface area contributed by atoms with E-state index in [1.54, 1.807) is 0 Å². The predicted molar refractivity (Wildman–Crippen MR) is 113 cm³/mol. The van der Waals surface area contributed by atoms with E-state index >= 15 is 0 Å². The molecule has 0 aliphatic heterocycles. The highest BCUT2D eigenvalue weighted by Crippen LogP contribution is 2.31. The van der Waals surface area contributed by atoms with Crippen molar-refractivity contribution in [2.75, 3.05) is 0 Å². The lowest BCUT2D eigenvalue weighted by atomic mass is 10.0. The van der Waals surface area contributed by atoms with E-state index in [0.717, 1.165) is 22.2 Å². The van der Waals surface area contributed by atoms with Crippen molar-refractivity contribution in [2.45, 2.75) is 17.9 Å². The molecule has 3 aromatic carbocycles. The Morgan fingerprint density at radius 3 is 2.32 bits per heavy atom. The molecule has 4 nitrogen and oxygen atoms in total. The molecule has 0 N–H and O–H groups in total. The first kappa shape index (κ1) is 17.0. The first-order chi connectivity index (χ1) is 13.8. The van der Waals surface area contributed by atoms with Crippen LogP contribution in [0.3, 0.4) is 0 Å². The molecule has 0 unspecified atom stereocenters.